The summed E-state index contributed by atoms with van der Waals surface area (Å²) in [4.78, 5) is 15.7. The van der Waals surface area contributed by atoms with Gasteiger partial charge in [0.1, 0.15) is 5.82 Å². The van der Waals surface area contributed by atoms with Gasteiger partial charge in [0, 0.05) is 18.0 Å². The average Bonchev–Trinajstić information content (AvgIpc) is 3.07. The van der Waals surface area contributed by atoms with E-state index >= 15 is 0 Å². The Morgan fingerprint density at radius 2 is 1.79 bits per heavy atom. The highest BCUT2D eigenvalue weighted by Gasteiger charge is 2.25. The van der Waals surface area contributed by atoms with E-state index in [9.17, 15) is 17.6 Å². The minimum absolute atomic E-state index is 0.0394. The second-order valence-electron chi connectivity index (χ2n) is 6.64. The smallest absolute Gasteiger partial charge is 0.238 e. The van der Waals surface area contributed by atoms with Crippen LogP contribution in [0.2, 0.25) is 0 Å². The van der Waals surface area contributed by atoms with E-state index in [0.717, 1.165) is 16.0 Å². The molecule has 0 unspecified atom stereocenters. The zero-order valence-electron chi connectivity index (χ0n) is 16.5. The minimum Gasteiger partial charge on any atom is -0.332 e. The van der Waals surface area contributed by atoms with Crippen molar-refractivity contribution in [3.05, 3.63) is 57.5 Å². The highest BCUT2D eigenvalue weighted by molar-refractivity contribution is 7.89. The van der Waals surface area contributed by atoms with Gasteiger partial charge in [-0.25, -0.2) is 12.8 Å². The number of aryl methyl sites for hydroxylation is 1. The molecule has 0 saturated heterocycles. The van der Waals surface area contributed by atoms with E-state index in [2.05, 4.69) is 0 Å². The van der Waals surface area contributed by atoms with Gasteiger partial charge in [-0.2, -0.15) is 4.31 Å². The molecule has 0 spiro atoms. The normalized spacial score (nSPS) is 11.8. The summed E-state index contributed by atoms with van der Waals surface area (Å²) in [5.41, 5.74) is 1.89. The highest BCUT2D eigenvalue weighted by Crippen LogP contribution is 2.20. The van der Waals surface area contributed by atoms with Crippen molar-refractivity contribution in [1.29, 1.82) is 0 Å². The van der Waals surface area contributed by atoms with Gasteiger partial charge in [-0.3, -0.25) is 4.79 Å². The van der Waals surface area contributed by atoms with Crippen molar-refractivity contribution in [3.63, 3.8) is 0 Å². The van der Waals surface area contributed by atoms with Crippen LogP contribution in [0.1, 0.15) is 36.3 Å². The first-order valence-electron chi connectivity index (χ1n) is 9.29. The van der Waals surface area contributed by atoms with Crippen LogP contribution in [0, 0.1) is 12.7 Å². The lowest BCUT2D eigenvalue weighted by atomic mass is 10.2. The van der Waals surface area contributed by atoms with Crippen LogP contribution in [0.15, 0.2) is 35.7 Å². The van der Waals surface area contributed by atoms with Gasteiger partial charge >= 0.3 is 0 Å². The molecule has 1 amide bonds. The number of sulfonamides is 1. The molecule has 154 valence electrons. The van der Waals surface area contributed by atoms with E-state index in [1.54, 1.807) is 35.3 Å². The zero-order valence-corrected chi connectivity index (χ0v) is 18.2. The predicted molar refractivity (Wildman–Crippen MR) is 111 cm³/mol. The number of carbonyl (C=O) groups excluding carboxylic acids is 1. The lowest BCUT2D eigenvalue weighted by Crippen LogP contribution is -2.43. The number of nitrogens with zero attached hydrogens (tertiary/aromatic N) is 2. The summed E-state index contributed by atoms with van der Waals surface area (Å²) in [7, 11) is -3.46. The Balaban J connectivity index is 2.24. The first-order valence-corrected chi connectivity index (χ1v) is 11.8. The van der Waals surface area contributed by atoms with E-state index in [4.69, 9.17) is 0 Å². The maximum atomic E-state index is 13.2. The second-order valence-corrected chi connectivity index (χ2v) is 9.90. The Morgan fingerprint density at radius 3 is 2.32 bits per heavy atom. The van der Waals surface area contributed by atoms with Crippen molar-refractivity contribution in [2.75, 3.05) is 18.8 Å². The molecule has 0 saturated carbocycles. The molecule has 0 atom stereocenters. The molecular weight excluding hydrogens is 399 g/mol. The molecule has 1 aromatic carbocycles. The minimum atomic E-state index is -3.46. The number of carbonyl (C=O) groups is 1. The molecule has 0 N–H and O–H groups in total. The van der Waals surface area contributed by atoms with Crippen LogP contribution in [0.3, 0.4) is 0 Å². The van der Waals surface area contributed by atoms with Gasteiger partial charge in [0.05, 0.1) is 18.8 Å². The summed E-state index contributed by atoms with van der Waals surface area (Å²) in [6, 6.07) is 8.00. The molecule has 8 heteroatoms. The Morgan fingerprint density at radius 1 is 1.11 bits per heavy atom. The van der Waals surface area contributed by atoms with Crippen LogP contribution in [0.4, 0.5) is 4.39 Å². The number of benzene rings is 1. The van der Waals surface area contributed by atoms with Gasteiger partial charge in [-0.1, -0.05) is 19.1 Å². The number of rotatable bonds is 10. The van der Waals surface area contributed by atoms with Crippen molar-refractivity contribution >= 4 is 27.3 Å². The summed E-state index contributed by atoms with van der Waals surface area (Å²) in [6.07, 6.45) is 0.633. The molecule has 28 heavy (non-hydrogen) atoms. The van der Waals surface area contributed by atoms with Gasteiger partial charge in [-0.15, -0.1) is 11.3 Å². The van der Waals surface area contributed by atoms with Crippen LogP contribution in [-0.4, -0.2) is 42.4 Å². The highest BCUT2D eigenvalue weighted by atomic mass is 32.2. The molecule has 0 radical (unpaired) electrons. The number of hydrogen-bond donors (Lipinski definition) is 0. The van der Waals surface area contributed by atoms with Gasteiger partial charge in [0.15, 0.2) is 0 Å². The van der Waals surface area contributed by atoms with Crippen LogP contribution < -0.4 is 0 Å². The van der Waals surface area contributed by atoms with Crippen molar-refractivity contribution in [3.8, 4) is 0 Å². The van der Waals surface area contributed by atoms with E-state index in [-0.39, 0.29) is 24.0 Å². The van der Waals surface area contributed by atoms with E-state index in [0.29, 0.717) is 26.1 Å². The number of thiophene rings is 1. The fraction of sp³-hybridized carbons (Fsp3) is 0.450. The van der Waals surface area contributed by atoms with Crippen molar-refractivity contribution in [2.24, 2.45) is 0 Å². The third-order valence-corrected chi connectivity index (χ3v) is 7.32. The molecule has 2 rings (SSSR count). The first-order chi connectivity index (χ1) is 13.3. The largest absolute Gasteiger partial charge is 0.332 e. The van der Waals surface area contributed by atoms with Gasteiger partial charge in [-0.05, 0) is 55.0 Å². The molecule has 1 heterocycles. The lowest BCUT2D eigenvalue weighted by molar-refractivity contribution is -0.132. The molecule has 0 aliphatic heterocycles. The van der Waals surface area contributed by atoms with Gasteiger partial charge in [0.2, 0.25) is 15.9 Å². The van der Waals surface area contributed by atoms with Crippen molar-refractivity contribution < 1.29 is 17.6 Å². The van der Waals surface area contributed by atoms with E-state index < -0.39 is 10.0 Å². The molecule has 0 aliphatic rings. The summed E-state index contributed by atoms with van der Waals surface area (Å²) in [5.74, 6) is -0.635. The van der Waals surface area contributed by atoms with Crippen molar-refractivity contribution in [2.45, 2.75) is 40.3 Å². The third-order valence-electron chi connectivity index (χ3n) is 4.48. The fourth-order valence-corrected chi connectivity index (χ4v) is 4.83. The average molecular weight is 427 g/mol. The SMILES string of the molecule is CCCN(CC(=O)N(Cc1ccc(F)cc1)Cc1sccc1C)S(=O)(=O)CC. The first kappa shape index (κ1) is 22.5. The number of amides is 1. The molecular formula is C20H27FN2O3S2. The van der Waals surface area contributed by atoms with Crippen LogP contribution in [0.5, 0.6) is 0 Å². The Labute approximate surface area is 170 Å². The van der Waals surface area contributed by atoms with Gasteiger partial charge < -0.3 is 4.90 Å². The monoisotopic (exact) mass is 426 g/mol. The Hall–Kier alpha value is -1.77. The quantitative estimate of drug-likeness (QED) is 0.581. The summed E-state index contributed by atoms with van der Waals surface area (Å²) in [5, 5.41) is 1.97. The molecule has 2 aromatic rings. The third kappa shape index (κ3) is 6.12. The second kappa shape index (κ2) is 10.1. The molecule has 0 fully saturated rings. The summed E-state index contributed by atoms with van der Waals surface area (Å²) in [6.45, 7) is 6.26. The lowest BCUT2D eigenvalue weighted by Gasteiger charge is -2.27. The molecule has 0 aliphatic carbocycles. The number of halogens is 1. The summed E-state index contributed by atoms with van der Waals surface area (Å²) < 4.78 is 39.1. The Bertz CT molecular complexity index is 879. The van der Waals surface area contributed by atoms with E-state index in [1.807, 2.05) is 25.3 Å². The zero-order chi connectivity index (χ0) is 20.7. The maximum Gasteiger partial charge on any atom is 0.238 e. The van der Waals surface area contributed by atoms with Crippen molar-refractivity contribution in [1.82, 2.24) is 9.21 Å². The maximum absolute atomic E-state index is 13.2. The van der Waals surface area contributed by atoms with Gasteiger partial charge in [0.25, 0.3) is 0 Å². The molecule has 0 bridgehead atoms. The standard InChI is InChI=1S/C20H27FN2O3S2/c1-4-11-23(28(25,26)5-2)15-20(24)22(14-19-16(3)10-12-27-19)13-17-6-8-18(21)9-7-17/h6-10,12H,4-5,11,13-15H2,1-3H3. The van der Waals surface area contributed by atoms with E-state index in [1.165, 1.54) is 16.4 Å². The van der Waals surface area contributed by atoms with Crippen LogP contribution in [0.25, 0.3) is 0 Å². The topological polar surface area (TPSA) is 57.7 Å². The summed E-state index contributed by atoms with van der Waals surface area (Å²) >= 11 is 1.56. The Kier molecular flexibility index (Phi) is 8.15. The fourth-order valence-electron chi connectivity index (χ4n) is 2.78. The molecule has 5 nitrogen and oxygen atoms in total. The number of hydrogen-bond acceptors (Lipinski definition) is 4. The van der Waals surface area contributed by atoms with Crippen LogP contribution >= 0.6 is 11.3 Å². The predicted octanol–water partition coefficient (Wildman–Crippen LogP) is 3.79. The van der Waals surface area contributed by atoms with Crippen LogP contribution in [-0.2, 0) is 27.9 Å². The molecule has 1 aromatic heterocycles.